The molecule has 0 bridgehead atoms. The van der Waals surface area contributed by atoms with Crippen LogP contribution in [0.25, 0.3) is 0 Å². The zero-order valence-corrected chi connectivity index (χ0v) is 12.7. The van der Waals surface area contributed by atoms with Crippen molar-refractivity contribution in [3.05, 3.63) is 0 Å². The Morgan fingerprint density at radius 2 is 2.16 bits per heavy atom. The van der Waals surface area contributed by atoms with Crippen molar-refractivity contribution in [3.63, 3.8) is 0 Å². The van der Waals surface area contributed by atoms with Crippen LogP contribution in [-0.2, 0) is 4.79 Å². The van der Waals surface area contributed by atoms with Crippen LogP contribution in [0.15, 0.2) is 4.99 Å². The number of piperazine rings is 1. The van der Waals surface area contributed by atoms with E-state index in [9.17, 15) is 4.79 Å². The van der Waals surface area contributed by atoms with E-state index in [4.69, 9.17) is 5.73 Å². The molecular formula is C13H24N4OS. The van der Waals surface area contributed by atoms with Crippen molar-refractivity contribution < 1.29 is 4.79 Å². The molecule has 1 amide bonds. The van der Waals surface area contributed by atoms with Gasteiger partial charge in [0.1, 0.15) is 0 Å². The van der Waals surface area contributed by atoms with Crippen LogP contribution in [0.3, 0.4) is 0 Å². The Morgan fingerprint density at radius 3 is 2.68 bits per heavy atom. The quantitative estimate of drug-likeness (QED) is 0.831. The molecule has 0 aromatic rings. The minimum Gasteiger partial charge on any atom is -0.348 e. The molecule has 2 rings (SSSR count). The predicted octanol–water partition coefficient (Wildman–Crippen LogP) is 0.749. The van der Waals surface area contributed by atoms with E-state index in [1.807, 2.05) is 16.7 Å². The molecule has 2 heterocycles. The van der Waals surface area contributed by atoms with Gasteiger partial charge in [-0.1, -0.05) is 32.0 Å². The van der Waals surface area contributed by atoms with Crippen LogP contribution in [0.1, 0.15) is 26.7 Å². The fraction of sp³-hybridized carbons (Fsp3) is 0.846. The summed E-state index contributed by atoms with van der Waals surface area (Å²) in [5.41, 5.74) is 5.90. The second kappa shape index (κ2) is 6.61. The first-order valence-electron chi connectivity index (χ1n) is 7.12. The number of nitrogens with zero attached hydrogens (tertiary/aromatic N) is 3. The summed E-state index contributed by atoms with van der Waals surface area (Å²) >= 11 is 1.84. The van der Waals surface area contributed by atoms with Gasteiger partial charge in [-0.15, -0.1) is 0 Å². The highest BCUT2D eigenvalue weighted by atomic mass is 32.2. The number of hydrogen-bond acceptors (Lipinski definition) is 5. The van der Waals surface area contributed by atoms with Crippen LogP contribution in [0.2, 0.25) is 0 Å². The van der Waals surface area contributed by atoms with E-state index in [0.29, 0.717) is 5.25 Å². The lowest BCUT2D eigenvalue weighted by atomic mass is 10.1. The van der Waals surface area contributed by atoms with Gasteiger partial charge >= 0.3 is 0 Å². The molecule has 0 spiro atoms. The summed E-state index contributed by atoms with van der Waals surface area (Å²) < 4.78 is 0. The summed E-state index contributed by atoms with van der Waals surface area (Å²) in [5, 5.41) is 1.74. The van der Waals surface area contributed by atoms with Crippen LogP contribution in [0.5, 0.6) is 0 Å². The van der Waals surface area contributed by atoms with Gasteiger partial charge in [-0.2, -0.15) is 0 Å². The monoisotopic (exact) mass is 284 g/mol. The normalized spacial score (nSPS) is 25.4. The standard InChI is InChI=1S/C13H24N4OS/c1-3-4-11(14)12(18)16-5-7-17(8-6-16)13-15-9-10(2)19-13/h10-11H,3-9,14H2,1-2H3. The first kappa shape index (κ1) is 14.7. The van der Waals surface area contributed by atoms with E-state index < -0.39 is 0 Å². The fourth-order valence-corrected chi connectivity index (χ4v) is 3.41. The summed E-state index contributed by atoms with van der Waals surface area (Å²) in [6.07, 6.45) is 1.73. The first-order chi connectivity index (χ1) is 9.11. The molecule has 19 heavy (non-hydrogen) atoms. The average molecular weight is 284 g/mol. The molecule has 108 valence electrons. The first-order valence-corrected chi connectivity index (χ1v) is 8.00. The van der Waals surface area contributed by atoms with E-state index in [-0.39, 0.29) is 11.9 Å². The second-order valence-electron chi connectivity index (χ2n) is 5.26. The van der Waals surface area contributed by atoms with Crippen molar-refractivity contribution in [2.45, 2.75) is 38.0 Å². The topological polar surface area (TPSA) is 61.9 Å². The van der Waals surface area contributed by atoms with E-state index >= 15 is 0 Å². The van der Waals surface area contributed by atoms with Crippen LogP contribution in [-0.4, -0.2) is 64.9 Å². The molecule has 5 nitrogen and oxygen atoms in total. The van der Waals surface area contributed by atoms with Gasteiger partial charge < -0.3 is 15.5 Å². The lowest BCUT2D eigenvalue weighted by Gasteiger charge is -2.36. The van der Waals surface area contributed by atoms with Crippen LogP contribution >= 0.6 is 11.8 Å². The Labute approximate surface area is 119 Å². The molecule has 0 saturated carbocycles. The van der Waals surface area contributed by atoms with E-state index in [0.717, 1.165) is 50.7 Å². The number of carbonyl (C=O) groups is 1. The largest absolute Gasteiger partial charge is 0.348 e. The average Bonchev–Trinajstić information content (AvgIpc) is 2.85. The summed E-state index contributed by atoms with van der Waals surface area (Å²) in [6.45, 7) is 8.47. The van der Waals surface area contributed by atoms with Gasteiger partial charge in [0.15, 0.2) is 5.17 Å². The number of amidine groups is 1. The van der Waals surface area contributed by atoms with E-state index in [1.54, 1.807) is 0 Å². The fourth-order valence-electron chi connectivity index (χ4n) is 2.42. The highest BCUT2D eigenvalue weighted by molar-refractivity contribution is 8.14. The van der Waals surface area contributed by atoms with Crippen molar-refractivity contribution in [1.29, 1.82) is 0 Å². The molecule has 2 unspecified atom stereocenters. The van der Waals surface area contributed by atoms with Gasteiger partial charge in [0, 0.05) is 31.4 Å². The van der Waals surface area contributed by atoms with Crippen molar-refractivity contribution in [3.8, 4) is 0 Å². The maximum atomic E-state index is 12.1. The minimum absolute atomic E-state index is 0.107. The molecule has 0 aromatic heterocycles. The molecule has 1 saturated heterocycles. The van der Waals surface area contributed by atoms with Crippen LogP contribution < -0.4 is 5.73 Å². The lowest BCUT2D eigenvalue weighted by molar-refractivity contribution is -0.134. The number of amides is 1. The Balaban J connectivity index is 1.81. The minimum atomic E-state index is -0.324. The molecule has 1 fully saturated rings. The van der Waals surface area contributed by atoms with Crippen molar-refractivity contribution in [2.75, 3.05) is 32.7 Å². The lowest BCUT2D eigenvalue weighted by Crippen LogP contribution is -2.53. The number of thioether (sulfide) groups is 1. The van der Waals surface area contributed by atoms with Crippen molar-refractivity contribution in [2.24, 2.45) is 10.7 Å². The van der Waals surface area contributed by atoms with E-state index in [1.165, 1.54) is 0 Å². The SMILES string of the molecule is CCCC(N)C(=O)N1CCN(C2=NCC(C)S2)CC1. The van der Waals surface area contributed by atoms with Gasteiger partial charge in [0.25, 0.3) is 0 Å². The van der Waals surface area contributed by atoms with Gasteiger partial charge in [-0.3, -0.25) is 9.79 Å². The summed E-state index contributed by atoms with van der Waals surface area (Å²) in [5.74, 6) is 0.107. The zero-order valence-electron chi connectivity index (χ0n) is 11.8. The number of aliphatic imine (C=N–C) groups is 1. The summed E-state index contributed by atoms with van der Waals surface area (Å²) in [7, 11) is 0. The zero-order chi connectivity index (χ0) is 13.8. The molecule has 0 aliphatic carbocycles. The van der Waals surface area contributed by atoms with E-state index in [2.05, 4.69) is 23.7 Å². The Kier molecular flexibility index (Phi) is 5.10. The number of rotatable bonds is 3. The second-order valence-corrected chi connectivity index (χ2v) is 6.66. The maximum absolute atomic E-state index is 12.1. The van der Waals surface area contributed by atoms with Crippen LogP contribution in [0, 0.1) is 0 Å². The third-order valence-corrected chi connectivity index (χ3v) is 4.72. The summed E-state index contributed by atoms with van der Waals surface area (Å²) in [4.78, 5) is 20.9. The Hall–Kier alpha value is -0.750. The highest BCUT2D eigenvalue weighted by Gasteiger charge is 2.28. The molecule has 6 heteroatoms. The number of hydrogen-bond donors (Lipinski definition) is 1. The van der Waals surface area contributed by atoms with Gasteiger partial charge in [0.2, 0.25) is 5.91 Å². The maximum Gasteiger partial charge on any atom is 0.239 e. The third kappa shape index (κ3) is 3.63. The van der Waals surface area contributed by atoms with Gasteiger partial charge in [-0.05, 0) is 6.42 Å². The smallest absolute Gasteiger partial charge is 0.239 e. The Morgan fingerprint density at radius 1 is 1.47 bits per heavy atom. The number of nitrogens with two attached hydrogens (primary N) is 1. The highest BCUT2D eigenvalue weighted by Crippen LogP contribution is 2.23. The molecule has 0 aromatic carbocycles. The molecule has 2 atom stereocenters. The molecule has 2 aliphatic rings. The Bertz CT molecular complexity index is 353. The van der Waals surface area contributed by atoms with Gasteiger partial charge in [-0.25, -0.2) is 0 Å². The third-order valence-electron chi connectivity index (χ3n) is 3.57. The van der Waals surface area contributed by atoms with Crippen molar-refractivity contribution >= 4 is 22.8 Å². The molecular weight excluding hydrogens is 260 g/mol. The number of carbonyl (C=O) groups excluding carboxylic acids is 1. The summed E-state index contributed by atoms with van der Waals surface area (Å²) in [6, 6.07) is -0.324. The predicted molar refractivity (Wildman–Crippen MR) is 80.4 cm³/mol. The molecule has 2 N–H and O–H groups in total. The van der Waals surface area contributed by atoms with Crippen LogP contribution in [0.4, 0.5) is 0 Å². The van der Waals surface area contributed by atoms with Crippen molar-refractivity contribution in [1.82, 2.24) is 9.80 Å². The van der Waals surface area contributed by atoms with Gasteiger partial charge in [0.05, 0.1) is 12.6 Å². The molecule has 2 aliphatic heterocycles. The molecule has 0 radical (unpaired) electrons.